The highest BCUT2D eigenvalue weighted by Gasteiger charge is 2.34. The first-order chi connectivity index (χ1) is 9.50. The highest BCUT2D eigenvalue weighted by atomic mass is 28.4. The third-order valence-electron chi connectivity index (χ3n) is 3.44. The van der Waals surface area contributed by atoms with Gasteiger partial charge in [-0.2, -0.15) is 0 Å². The summed E-state index contributed by atoms with van der Waals surface area (Å²) in [5, 5.41) is 0.662. The van der Waals surface area contributed by atoms with E-state index in [2.05, 4.69) is 49.6 Å². The summed E-state index contributed by atoms with van der Waals surface area (Å²) in [5.74, 6) is 0.664. The maximum absolute atomic E-state index is 12.0. The molecule has 2 aromatic rings. The zero-order chi connectivity index (χ0) is 16.0. The van der Waals surface area contributed by atoms with E-state index in [0.29, 0.717) is 16.7 Å². The Hall–Kier alpha value is -1.34. The van der Waals surface area contributed by atoms with Crippen LogP contribution >= 0.6 is 0 Å². The first kappa shape index (κ1) is 16.0. The van der Waals surface area contributed by atoms with Gasteiger partial charge in [0.25, 0.3) is 0 Å². The fourth-order valence-corrected chi connectivity index (χ4v) is 13.1. The summed E-state index contributed by atoms with van der Waals surface area (Å²) in [7, 11) is -3.00. The summed E-state index contributed by atoms with van der Waals surface area (Å²) < 4.78 is 8.39. The van der Waals surface area contributed by atoms with Gasteiger partial charge < -0.3 is 8.65 Å². The first-order valence-electron chi connectivity index (χ1n) is 7.35. The van der Waals surface area contributed by atoms with Gasteiger partial charge >= 0.3 is 0 Å². The third-order valence-corrected chi connectivity index (χ3v) is 10.7. The number of benzene rings is 1. The van der Waals surface area contributed by atoms with Crippen molar-refractivity contribution >= 4 is 33.1 Å². The standard InChI is InChI=1S/C16H25NO2Si2/c1-12-10-15(18)14-9-8-13(11-16(14)19-12)17(20(2,3)4)21(5,6)7/h8-11H,1-7H3. The summed E-state index contributed by atoms with van der Waals surface area (Å²) >= 11 is 0. The molecule has 0 saturated heterocycles. The number of rotatable bonds is 3. The van der Waals surface area contributed by atoms with E-state index in [4.69, 9.17) is 4.42 Å². The highest BCUT2D eigenvalue weighted by Crippen LogP contribution is 2.30. The van der Waals surface area contributed by atoms with Crippen LogP contribution in [0.15, 0.2) is 33.5 Å². The molecule has 0 spiro atoms. The van der Waals surface area contributed by atoms with Crippen molar-refractivity contribution in [3.63, 3.8) is 0 Å². The lowest BCUT2D eigenvalue weighted by Gasteiger charge is -2.45. The second-order valence-corrected chi connectivity index (χ2v) is 17.6. The second-order valence-electron chi connectivity index (χ2n) is 7.58. The summed E-state index contributed by atoms with van der Waals surface area (Å²) in [6.07, 6.45) is 0. The van der Waals surface area contributed by atoms with Crippen LogP contribution in [-0.4, -0.2) is 16.5 Å². The van der Waals surface area contributed by atoms with E-state index in [1.54, 1.807) is 6.07 Å². The smallest absolute Gasteiger partial charge is 0.192 e. The van der Waals surface area contributed by atoms with E-state index in [1.807, 2.05) is 19.1 Å². The van der Waals surface area contributed by atoms with E-state index in [-0.39, 0.29) is 5.43 Å². The van der Waals surface area contributed by atoms with Crippen LogP contribution in [0.25, 0.3) is 11.0 Å². The van der Waals surface area contributed by atoms with E-state index < -0.39 is 16.5 Å². The molecule has 0 aliphatic rings. The van der Waals surface area contributed by atoms with Crippen molar-refractivity contribution in [3.05, 3.63) is 40.2 Å². The molecular formula is C16H25NO2Si2. The van der Waals surface area contributed by atoms with Crippen molar-refractivity contribution in [2.75, 3.05) is 4.23 Å². The molecular weight excluding hydrogens is 294 g/mol. The van der Waals surface area contributed by atoms with Gasteiger partial charge in [0.05, 0.1) is 5.39 Å². The minimum Gasteiger partial charge on any atom is -0.461 e. The van der Waals surface area contributed by atoms with Crippen LogP contribution in [-0.2, 0) is 0 Å². The van der Waals surface area contributed by atoms with Gasteiger partial charge in [0.2, 0.25) is 0 Å². The van der Waals surface area contributed by atoms with E-state index in [9.17, 15) is 4.79 Å². The van der Waals surface area contributed by atoms with Crippen LogP contribution in [0.5, 0.6) is 0 Å². The number of aryl methyl sites for hydroxylation is 1. The van der Waals surface area contributed by atoms with E-state index in [0.717, 1.165) is 0 Å². The summed E-state index contributed by atoms with van der Waals surface area (Å²) in [6, 6.07) is 7.57. The van der Waals surface area contributed by atoms with E-state index in [1.165, 1.54) is 5.69 Å². The number of hydrogen-bond acceptors (Lipinski definition) is 3. The van der Waals surface area contributed by atoms with Gasteiger partial charge in [0.15, 0.2) is 5.43 Å². The Morgan fingerprint density at radius 2 is 1.52 bits per heavy atom. The predicted octanol–water partition coefficient (Wildman–Crippen LogP) is 4.58. The normalized spacial score (nSPS) is 12.7. The molecule has 0 aliphatic heterocycles. The Labute approximate surface area is 128 Å². The molecule has 114 valence electrons. The molecule has 1 aromatic heterocycles. The lowest BCUT2D eigenvalue weighted by Crippen LogP contribution is -2.59. The van der Waals surface area contributed by atoms with Gasteiger partial charge in [-0.25, -0.2) is 0 Å². The SMILES string of the molecule is Cc1cc(=O)c2ccc(N([Si](C)(C)C)[Si](C)(C)C)cc2o1. The van der Waals surface area contributed by atoms with Gasteiger partial charge in [0, 0.05) is 17.8 Å². The molecule has 1 aromatic carbocycles. The van der Waals surface area contributed by atoms with Crippen molar-refractivity contribution in [2.24, 2.45) is 0 Å². The summed E-state index contributed by atoms with van der Waals surface area (Å²) in [5.41, 5.74) is 1.92. The van der Waals surface area contributed by atoms with E-state index >= 15 is 0 Å². The third kappa shape index (κ3) is 3.29. The molecule has 0 radical (unpaired) electrons. The predicted molar refractivity (Wildman–Crippen MR) is 96.4 cm³/mol. The lowest BCUT2D eigenvalue weighted by atomic mass is 10.2. The molecule has 2 rings (SSSR count). The van der Waals surface area contributed by atoms with Crippen LogP contribution < -0.4 is 9.66 Å². The monoisotopic (exact) mass is 319 g/mol. The molecule has 0 atom stereocenters. The second kappa shape index (κ2) is 5.14. The molecule has 5 heteroatoms. The van der Waals surface area contributed by atoms with Crippen LogP contribution in [0.4, 0.5) is 5.69 Å². The van der Waals surface area contributed by atoms with Crippen molar-refractivity contribution in [2.45, 2.75) is 46.2 Å². The largest absolute Gasteiger partial charge is 0.461 e. The zero-order valence-corrected chi connectivity index (χ0v) is 16.1. The average Bonchev–Trinajstić information content (AvgIpc) is 2.23. The molecule has 0 unspecified atom stereocenters. The lowest BCUT2D eigenvalue weighted by molar-refractivity contribution is 0.565. The number of fused-ring (bicyclic) bond motifs is 1. The summed E-state index contributed by atoms with van der Waals surface area (Å²) in [6.45, 7) is 16.0. The molecule has 1 heterocycles. The number of anilines is 1. The van der Waals surface area contributed by atoms with Crippen LogP contribution in [0.2, 0.25) is 39.3 Å². The van der Waals surface area contributed by atoms with Gasteiger partial charge in [0.1, 0.15) is 27.8 Å². The molecule has 0 N–H and O–H groups in total. The van der Waals surface area contributed by atoms with Crippen LogP contribution in [0, 0.1) is 6.92 Å². The average molecular weight is 320 g/mol. The molecule has 0 aliphatic carbocycles. The van der Waals surface area contributed by atoms with Crippen molar-refractivity contribution in [1.82, 2.24) is 0 Å². The highest BCUT2D eigenvalue weighted by molar-refractivity contribution is 6.99. The van der Waals surface area contributed by atoms with Gasteiger partial charge in [-0.15, -0.1) is 0 Å². The molecule has 0 bridgehead atoms. The first-order valence-corrected chi connectivity index (χ1v) is 14.2. The Morgan fingerprint density at radius 3 is 2.05 bits per heavy atom. The van der Waals surface area contributed by atoms with Crippen LogP contribution in [0.1, 0.15) is 5.76 Å². The minimum absolute atomic E-state index is 0.0351. The molecule has 21 heavy (non-hydrogen) atoms. The Bertz CT molecular complexity index is 710. The molecule has 3 nitrogen and oxygen atoms in total. The maximum Gasteiger partial charge on any atom is 0.192 e. The fourth-order valence-electron chi connectivity index (χ4n) is 3.18. The minimum atomic E-state index is -1.50. The van der Waals surface area contributed by atoms with Crippen molar-refractivity contribution in [3.8, 4) is 0 Å². The summed E-state index contributed by atoms with van der Waals surface area (Å²) in [4.78, 5) is 12.0. The Morgan fingerprint density at radius 1 is 0.952 bits per heavy atom. The topological polar surface area (TPSA) is 33.5 Å². The quantitative estimate of drug-likeness (QED) is 0.777. The fraction of sp³-hybridized carbons (Fsp3) is 0.438. The van der Waals surface area contributed by atoms with Crippen LogP contribution in [0.3, 0.4) is 0 Å². The van der Waals surface area contributed by atoms with Gasteiger partial charge in [-0.1, -0.05) is 39.3 Å². The number of nitrogens with zero attached hydrogens (tertiary/aromatic N) is 1. The molecule has 0 amide bonds. The zero-order valence-electron chi connectivity index (χ0n) is 14.1. The van der Waals surface area contributed by atoms with Gasteiger partial charge in [-0.3, -0.25) is 4.79 Å². The molecule has 0 saturated carbocycles. The van der Waals surface area contributed by atoms with Crippen molar-refractivity contribution in [1.29, 1.82) is 0 Å². The Kier molecular flexibility index (Phi) is 3.93. The molecule has 0 fully saturated rings. The maximum atomic E-state index is 12.0. The van der Waals surface area contributed by atoms with Gasteiger partial charge in [-0.05, 0) is 19.1 Å². The number of hydrogen-bond donors (Lipinski definition) is 0. The van der Waals surface area contributed by atoms with Crippen molar-refractivity contribution < 1.29 is 4.42 Å². The Balaban J connectivity index is 2.68.